The molecule has 1 atom stereocenters. The summed E-state index contributed by atoms with van der Waals surface area (Å²) in [5, 5.41) is 0.670. The smallest absolute Gasteiger partial charge is 0.271 e. The first-order valence-corrected chi connectivity index (χ1v) is 13.5. The lowest BCUT2D eigenvalue weighted by Gasteiger charge is -2.30. The highest BCUT2D eigenvalue weighted by Gasteiger charge is 2.32. The molecule has 1 aliphatic carbocycles. The number of allylic oxidation sites excluding steroid dienone is 1. The first kappa shape index (κ1) is 23.8. The number of hydrogen-bond acceptors (Lipinski definition) is 5. The zero-order valence-electron chi connectivity index (χ0n) is 20.5. The van der Waals surface area contributed by atoms with Crippen molar-refractivity contribution in [2.24, 2.45) is 4.99 Å². The molecule has 3 aromatic carbocycles. The maximum Gasteiger partial charge on any atom is 0.271 e. The number of thiazole rings is 1. The van der Waals surface area contributed by atoms with Gasteiger partial charge in [0.25, 0.3) is 5.56 Å². The molecule has 1 aromatic heterocycles. The predicted molar refractivity (Wildman–Crippen MR) is 148 cm³/mol. The fraction of sp³-hybridized carbons (Fsp3) is 0.200. The van der Waals surface area contributed by atoms with Crippen molar-refractivity contribution in [1.82, 2.24) is 4.57 Å². The van der Waals surface area contributed by atoms with E-state index in [1.165, 1.54) is 22.5 Å². The molecule has 6 rings (SSSR count). The monoisotopic (exact) mass is 528 g/mol. The SMILES string of the molecule is CCOc1cc(C=c2sc3n(c2=O)C(c2ccc(Cl)cc2)C2=C(N=3)c3ccccc3CC2)ccc1OC. The fourth-order valence-electron chi connectivity index (χ4n) is 5.17. The number of rotatable bonds is 5. The number of methoxy groups -OCH3 is 1. The van der Waals surface area contributed by atoms with E-state index in [2.05, 4.69) is 24.3 Å². The van der Waals surface area contributed by atoms with Gasteiger partial charge in [-0.3, -0.25) is 9.36 Å². The Balaban J connectivity index is 1.56. The van der Waals surface area contributed by atoms with Gasteiger partial charge in [-0.05, 0) is 72.4 Å². The molecular formula is C30H25ClN2O3S. The topological polar surface area (TPSA) is 52.8 Å². The summed E-state index contributed by atoms with van der Waals surface area (Å²) in [6.07, 6.45) is 3.68. The third-order valence-corrected chi connectivity index (χ3v) is 8.08. The highest BCUT2D eigenvalue weighted by Crippen LogP contribution is 2.41. The van der Waals surface area contributed by atoms with Gasteiger partial charge in [0.2, 0.25) is 0 Å². The molecule has 0 spiro atoms. The molecule has 0 amide bonds. The van der Waals surface area contributed by atoms with Crippen LogP contribution in [-0.4, -0.2) is 18.3 Å². The second kappa shape index (κ2) is 9.69. The molecule has 5 nitrogen and oxygen atoms in total. The van der Waals surface area contributed by atoms with Crippen LogP contribution in [0.15, 0.2) is 82.1 Å². The second-order valence-electron chi connectivity index (χ2n) is 9.01. The first-order valence-electron chi connectivity index (χ1n) is 12.3. The molecule has 2 aliphatic rings. The number of fused-ring (bicyclic) bond motifs is 3. The van der Waals surface area contributed by atoms with Gasteiger partial charge in [-0.1, -0.05) is 65.4 Å². The van der Waals surface area contributed by atoms with E-state index >= 15 is 0 Å². The van der Waals surface area contributed by atoms with Crippen molar-refractivity contribution in [1.29, 1.82) is 0 Å². The summed E-state index contributed by atoms with van der Waals surface area (Å²) in [5.74, 6) is 1.31. The molecule has 0 saturated carbocycles. The Morgan fingerprint density at radius 3 is 2.68 bits per heavy atom. The van der Waals surface area contributed by atoms with Gasteiger partial charge in [0, 0.05) is 10.6 Å². The number of hydrogen-bond donors (Lipinski definition) is 0. The quantitative estimate of drug-likeness (QED) is 0.349. The highest BCUT2D eigenvalue weighted by atomic mass is 35.5. The largest absolute Gasteiger partial charge is 0.493 e. The van der Waals surface area contributed by atoms with Crippen LogP contribution in [0.1, 0.15) is 41.6 Å². The summed E-state index contributed by atoms with van der Waals surface area (Å²) < 4.78 is 13.6. The third kappa shape index (κ3) is 4.20. The number of nitrogens with zero attached hydrogens (tertiary/aromatic N) is 2. The Hall–Kier alpha value is -3.61. The molecule has 0 saturated heterocycles. The van der Waals surface area contributed by atoms with Crippen molar-refractivity contribution in [2.75, 3.05) is 13.7 Å². The average Bonchev–Trinajstić information content (AvgIpc) is 3.22. The molecule has 0 N–H and O–H groups in total. The van der Waals surface area contributed by atoms with Crippen molar-refractivity contribution in [3.8, 4) is 11.5 Å². The zero-order chi connectivity index (χ0) is 25.5. The summed E-state index contributed by atoms with van der Waals surface area (Å²) in [5.41, 5.74) is 6.44. The molecule has 0 fully saturated rings. The number of halogens is 1. The Kier molecular flexibility index (Phi) is 6.22. The molecule has 4 aromatic rings. The van der Waals surface area contributed by atoms with Crippen molar-refractivity contribution in [3.63, 3.8) is 0 Å². The molecule has 1 unspecified atom stereocenters. The molecule has 1 aliphatic heterocycles. The Morgan fingerprint density at radius 2 is 1.89 bits per heavy atom. The van der Waals surface area contributed by atoms with Crippen molar-refractivity contribution >= 4 is 34.7 Å². The van der Waals surface area contributed by atoms with Gasteiger partial charge in [0.1, 0.15) is 0 Å². The minimum Gasteiger partial charge on any atom is -0.493 e. The van der Waals surface area contributed by atoms with E-state index in [9.17, 15) is 4.79 Å². The molecule has 0 radical (unpaired) electrons. The van der Waals surface area contributed by atoms with E-state index in [0.29, 0.717) is 32.5 Å². The third-order valence-electron chi connectivity index (χ3n) is 6.84. The Labute approximate surface area is 223 Å². The van der Waals surface area contributed by atoms with Crippen molar-refractivity contribution in [3.05, 3.63) is 119 Å². The number of aryl methyl sites for hydroxylation is 1. The van der Waals surface area contributed by atoms with E-state index in [4.69, 9.17) is 26.1 Å². The molecular weight excluding hydrogens is 504 g/mol. The van der Waals surface area contributed by atoms with Crippen LogP contribution in [0, 0.1) is 0 Å². The maximum atomic E-state index is 13.9. The summed E-state index contributed by atoms with van der Waals surface area (Å²) in [4.78, 5) is 19.7. The van der Waals surface area contributed by atoms with Gasteiger partial charge in [-0.25, -0.2) is 4.99 Å². The van der Waals surface area contributed by atoms with E-state index in [-0.39, 0.29) is 11.6 Å². The van der Waals surface area contributed by atoms with Gasteiger partial charge < -0.3 is 9.47 Å². The zero-order valence-corrected chi connectivity index (χ0v) is 22.1. The minimum atomic E-state index is -0.228. The van der Waals surface area contributed by atoms with Crippen LogP contribution >= 0.6 is 22.9 Å². The van der Waals surface area contributed by atoms with E-state index < -0.39 is 0 Å². The van der Waals surface area contributed by atoms with Gasteiger partial charge in [-0.15, -0.1) is 0 Å². The fourth-order valence-corrected chi connectivity index (χ4v) is 6.30. The lowest BCUT2D eigenvalue weighted by Crippen LogP contribution is -2.38. The van der Waals surface area contributed by atoms with E-state index in [1.807, 2.05) is 60.0 Å². The van der Waals surface area contributed by atoms with Crippen LogP contribution in [0.3, 0.4) is 0 Å². The summed E-state index contributed by atoms with van der Waals surface area (Å²) >= 11 is 7.63. The van der Waals surface area contributed by atoms with E-state index in [1.54, 1.807) is 7.11 Å². The maximum absolute atomic E-state index is 13.9. The second-order valence-corrected chi connectivity index (χ2v) is 10.5. The van der Waals surface area contributed by atoms with Crippen LogP contribution in [0.2, 0.25) is 5.02 Å². The predicted octanol–water partition coefficient (Wildman–Crippen LogP) is 5.38. The van der Waals surface area contributed by atoms with Crippen molar-refractivity contribution < 1.29 is 9.47 Å². The molecule has 0 bridgehead atoms. The average molecular weight is 529 g/mol. The summed E-state index contributed by atoms with van der Waals surface area (Å²) in [6.45, 7) is 2.46. The summed E-state index contributed by atoms with van der Waals surface area (Å²) in [7, 11) is 1.62. The van der Waals surface area contributed by atoms with Crippen LogP contribution < -0.4 is 24.4 Å². The van der Waals surface area contributed by atoms with E-state index in [0.717, 1.165) is 35.2 Å². The molecule has 7 heteroatoms. The number of ether oxygens (including phenoxy) is 2. The Morgan fingerprint density at radius 1 is 1.08 bits per heavy atom. The molecule has 2 heterocycles. The highest BCUT2D eigenvalue weighted by molar-refractivity contribution is 7.07. The van der Waals surface area contributed by atoms with Gasteiger partial charge >= 0.3 is 0 Å². The summed E-state index contributed by atoms with van der Waals surface area (Å²) in [6, 6.07) is 21.7. The first-order chi connectivity index (χ1) is 18.1. The van der Waals surface area contributed by atoms with Crippen molar-refractivity contribution in [2.45, 2.75) is 25.8 Å². The minimum absolute atomic E-state index is 0.0529. The number of aromatic nitrogens is 1. The van der Waals surface area contributed by atoms with Crippen LogP contribution in [0.25, 0.3) is 11.8 Å². The molecule has 37 heavy (non-hydrogen) atoms. The van der Waals surface area contributed by atoms with Gasteiger partial charge in [0.05, 0.1) is 30.0 Å². The number of benzene rings is 3. The standard InChI is InChI=1S/C30H25ClN2O3S/c1-3-36-25-16-18(8-15-24(25)35-2)17-26-29(34)33-28(20-9-12-21(31)13-10-20)23-14-11-19-6-4-5-7-22(19)27(23)32-30(33)37-26/h4-10,12-13,15-17,28H,3,11,14H2,1-2H3. The van der Waals surface area contributed by atoms with Crippen LogP contribution in [-0.2, 0) is 6.42 Å². The van der Waals surface area contributed by atoms with Gasteiger partial charge in [0.15, 0.2) is 16.3 Å². The van der Waals surface area contributed by atoms with Crippen LogP contribution in [0.4, 0.5) is 0 Å². The lowest BCUT2D eigenvalue weighted by molar-refractivity contribution is 0.311. The lowest BCUT2D eigenvalue weighted by atomic mass is 9.83. The van der Waals surface area contributed by atoms with Crippen LogP contribution in [0.5, 0.6) is 11.5 Å². The normalized spacial score (nSPS) is 16.5. The Bertz CT molecular complexity index is 1720. The molecule has 186 valence electrons. The van der Waals surface area contributed by atoms with Gasteiger partial charge in [-0.2, -0.15) is 0 Å².